The van der Waals surface area contributed by atoms with Crippen molar-refractivity contribution in [3.63, 3.8) is 0 Å². The van der Waals surface area contributed by atoms with Crippen LogP contribution in [0.3, 0.4) is 0 Å². The highest BCUT2D eigenvalue weighted by Crippen LogP contribution is 2.06. The van der Waals surface area contributed by atoms with Gasteiger partial charge in [-0.25, -0.2) is 4.79 Å². The van der Waals surface area contributed by atoms with Crippen LogP contribution in [-0.2, 0) is 4.74 Å². The fourth-order valence-corrected chi connectivity index (χ4v) is 0.666. The fourth-order valence-electron chi connectivity index (χ4n) is 0.589. The van der Waals surface area contributed by atoms with E-state index in [9.17, 15) is 4.79 Å². The summed E-state index contributed by atoms with van der Waals surface area (Å²) in [6.45, 7) is 7.59. The van der Waals surface area contributed by atoms with Gasteiger partial charge in [-0.2, -0.15) is 0 Å². The van der Waals surface area contributed by atoms with Crippen LogP contribution in [0.5, 0.6) is 0 Å². The minimum absolute atomic E-state index is 0.393. The average Bonchev–Trinajstić information content (AvgIpc) is 1.81. The third kappa shape index (κ3) is 9.21. The number of hydrogen-bond donors (Lipinski definition) is 1. The smallest absolute Gasteiger partial charge is 0.407 e. The first-order valence-electron chi connectivity index (χ1n) is 4.10. The van der Waals surface area contributed by atoms with Crippen molar-refractivity contribution in [3.8, 4) is 0 Å². The Labute approximate surface area is 84.1 Å². The van der Waals surface area contributed by atoms with Gasteiger partial charge >= 0.3 is 6.09 Å². The molecule has 0 aliphatic carbocycles. The summed E-state index contributed by atoms with van der Waals surface area (Å²) in [4.78, 5) is 11.0. The van der Waals surface area contributed by atoms with Crippen molar-refractivity contribution in [1.29, 1.82) is 0 Å². The van der Waals surface area contributed by atoms with Crippen LogP contribution >= 0.6 is 11.6 Å². The third-order valence-electron chi connectivity index (χ3n) is 1.03. The van der Waals surface area contributed by atoms with Gasteiger partial charge in [0.1, 0.15) is 5.60 Å². The number of carbonyl (C=O) groups excluding carboxylic acids is 1. The molecule has 0 atom stereocenters. The van der Waals surface area contributed by atoms with Gasteiger partial charge in [-0.05, 0) is 27.7 Å². The maximum atomic E-state index is 11.0. The molecule has 0 saturated heterocycles. The van der Waals surface area contributed by atoms with Crippen LogP contribution in [0.25, 0.3) is 0 Å². The minimum atomic E-state index is -0.455. The second kappa shape index (κ2) is 5.12. The van der Waals surface area contributed by atoms with Crippen LogP contribution in [0, 0.1) is 0 Å². The van der Waals surface area contributed by atoms with Gasteiger partial charge in [0.2, 0.25) is 0 Å². The Morgan fingerprint density at radius 2 is 2.08 bits per heavy atom. The second-order valence-electron chi connectivity index (χ2n) is 3.67. The van der Waals surface area contributed by atoms with Gasteiger partial charge in [-0.3, -0.25) is 0 Å². The standard InChI is InChI=1S/C9H16ClNO2/c1-7(10)5-6-11-8(12)13-9(2,3)4/h5H,6H2,1-4H3,(H,11,12)/b7-5-. The topological polar surface area (TPSA) is 38.3 Å². The maximum Gasteiger partial charge on any atom is 0.407 e. The van der Waals surface area contributed by atoms with Crippen molar-refractivity contribution in [1.82, 2.24) is 5.32 Å². The Morgan fingerprint density at radius 1 is 1.54 bits per heavy atom. The molecule has 13 heavy (non-hydrogen) atoms. The molecular formula is C9H16ClNO2. The number of ether oxygens (including phenoxy) is 1. The molecule has 0 radical (unpaired) electrons. The highest BCUT2D eigenvalue weighted by atomic mass is 35.5. The second-order valence-corrected chi connectivity index (χ2v) is 4.27. The number of carbonyl (C=O) groups is 1. The summed E-state index contributed by atoms with van der Waals surface area (Å²) in [6.07, 6.45) is 1.27. The monoisotopic (exact) mass is 205 g/mol. The lowest BCUT2D eigenvalue weighted by Gasteiger charge is -2.19. The van der Waals surface area contributed by atoms with Gasteiger partial charge in [-0.15, -0.1) is 0 Å². The lowest BCUT2D eigenvalue weighted by molar-refractivity contribution is 0.0534. The van der Waals surface area contributed by atoms with Crippen LogP contribution in [0.4, 0.5) is 4.79 Å². The summed E-state index contributed by atoms with van der Waals surface area (Å²) in [5, 5.41) is 3.20. The van der Waals surface area contributed by atoms with Crippen LogP contribution in [0.2, 0.25) is 0 Å². The zero-order valence-electron chi connectivity index (χ0n) is 8.48. The summed E-state index contributed by atoms with van der Waals surface area (Å²) in [5.74, 6) is 0. The molecule has 0 rings (SSSR count). The molecule has 0 aliphatic heterocycles. The molecular weight excluding hydrogens is 190 g/mol. The van der Waals surface area contributed by atoms with Crippen molar-refractivity contribution in [2.75, 3.05) is 6.54 Å². The highest BCUT2D eigenvalue weighted by Gasteiger charge is 2.14. The van der Waals surface area contributed by atoms with E-state index in [0.717, 1.165) is 0 Å². The van der Waals surface area contributed by atoms with E-state index in [1.807, 2.05) is 20.8 Å². The van der Waals surface area contributed by atoms with E-state index >= 15 is 0 Å². The molecule has 0 aliphatic rings. The highest BCUT2D eigenvalue weighted by molar-refractivity contribution is 6.29. The summed E-state index contributed by atoms with van der Waals surface area (Å²) in [6, 6.07) is 0. The van der Waals surface area contributed by atoms with Crippen molar-refractivity contribution >= 4 is 17.7 Å². The molecule has 0 unspecified atom stereocenters. The van der Waals surface area contributed by atoms with Gasteiger partial charge in [-0.1, -0.05) is 17.7 Å². The Balaban J connectivity index is 3.71. The van der Waals surface area contributed by atoms with E-state index in [0.29, 0.717) is 11.6 Å². The number of hydrogen-bond acceptors (Lipinski definition) is 2. The molecule has 0 aromatic carbocycles. The predicted molar refractivity (Wildman–Crippen MR) is 53.8 cm³/mol. The maximum absolute atomic E-state index is 11.0. The Kier molecular flexibility index (Phi) is 4.85. The number of rotatable bonds is 2. The molecule has 0 spiro atoms. The molecule has 0 aromatic rings. The Hall–Kier alpha value is -0.700. The number of halogens is 1. The van der Waals surface area contributed by atoms with Crippen LogP contribution in [-0.4, -0.2) is 18.2 Å². The molecule has 1 amide bonds. The van der Waals surface area contributed by atoms with Crippen molar-refractivity contribution in [3.05, 3.63) is 11.1 Å². The molecule has 4 heteroatoms. The van der Waals surface area contributed by atoms with Crippen molar-refractivity contribution in [2.45, 2.75) is 33.3 Å². The fraction of sp³-hybridized carbons (Fsp3) is 0.667. The van der Waals surface area contributed by atoms with Gasteiger partial charge in [0, 0.05) is 11.6 Å². The molecule has 0 aromatic heterocycles. The van der Waals surface area contributed by atoms with Crippen molar-refractivity contribution < 1.29 is 9.53 Å². The van der Waals surface area contributed by atoms with Gasteiger partial charge in [0.05, 0.1) is 0 Å². The molecule has 1 N–H and O–H groups in total. The van der Waals surface area contributed by atoms with E-state index in [2.05, 4.69) is 5.32 Å². The zero-order valence-corrected chi connectivity index (χ0v) is 9.23. The van der Waals surface area contributed by atoms with Gasteiger partial charge in [0.25, 0.3) is 0 Å². The summed E-state index contributed by atoms with van der Waals surface area (Å²) in [7, 11) is 0. The molecule has 0 heterocycles. The zero-order chi connectivity index (χ0) is 10.5. The first-order valence-corrected chi connectivity index (χ1v) is 4.48. The van der Waals surface area contributed by atoms with E-state index in [1.54, 1.807) is 13.0 Å². The lowest BCUT2D eigenvalue weighted by Crippen LogP contribution is -2.32. The van der Waals surface area contributed by atoms with Crippen LogP contribution in [0.1, 0.15) is 27.7 Å². The Morgan fingerprint density at radius 3 is 2.46 bits per heavy atom. The normalized spacial score (nSPS) is 12.5. The van der Waals surface area contributed by atoms with Crippen LogP contribution < -0.4 is 5.32 Å². The molecule has 0 saturated carbocycles. The van der Waals surface area contributed by atoms with E-state index in [4.69, 9.17) is 16.3 Å². The summed E-state index contributed by atoms with van der Waals surface area (Å²) in [5.41, 5.74) is -0.455. The third-order valence-corrected chi connectivity index (χ3v) is 1.18. The van der Waals surface area contributed by atoms with E-state index < -0.39 is 11.7 Å². The van der Waals surface area contributed by atoms with Crippen LogP contribution in [0.15, 0.2) is 11.1 Å². The molecule has 0 bridgehead atoms. The lowest BCUT2D eigenvalue weighted by atomic mass is 10.2. The minimum Gasteiger partial charge on any atom is -0.444 e. The molecule has 76 valence electrons. The first-order chi connectivity index (χ1) is 5.81. The molecule has 3 nitrogen and oxygen atoms in total. The Bertz CT molecular complexity index is 202. The molecule has 0 fully saturated rings. The van der Waals surface area contributed by atoms with Crippen molar-refractivity contribution in [2.24, 2.45) is 0 Å². The SMILES string of the molecule is C/C(Cl)=C/CNC(=O)OC(C)(C)C. The summed E-state index contributed by atoms with van der Waals surface area (Å²) >= 11 is 5.56. The van der Waals surface area contributed by atoms with E-state index in [1.165, 1.54) is 0 Å². The van der Waals surface area contributed by atoms with Gasteiger partial charge < -0.3 is 10.1 Å². The predicted octanol–water partition coefficient (Wildman–Crippen LogP) is 2.65. The number of amides is 1. The number of alkyl carbamates (subject to hydrolysis) is 1. The van der Waals surface area contributed by atoms with Gasteiger partial charge in [0.15, 0.2) is 0 Å². The quantitative estimate of drug-likeness (QED) is 0.753. The average molecular weight is 206 g/mol. The van der Waals surface area contributed by atoms with E-state index in [-0.39, 0.29) is 0 Å². The first kappa shape index (κ1) is 12.3. The summed E-state index contributed by atoms with van der Waals surface area (Å²) < 4.78 is 5.00. The largest absolute Gasteiger partial charge is 0.444 e. The number of nitrogens with one attached hydrogen (secondary N) is 1. The number of allylic oxidation sites excluding steroid dienone is 1.